The third-order valence-corrected chi connectivity index (χ3v) is 3.04. The van der Waals surface area contributed by atoms with Gasteiger partial charge in [-0.15, -0.1) is 0 Å². The van der Waals surface area contributed by atoms with Gasteiger partial charge in [0.05, 0.1) is 12.1 Å². The van der Waals surface area contributed by atoms with Crippen molar-refractivity contribution in [1.29, 1.82) is 0 Å². The molecule has 0 saturated heterocycles. The molecular formula is C11H18N2O2S. The molecule has 4 nitrogen and oxygen atoms in total. The predicted octanol–water partition coefficient (Wildman–Crippen LogP) is 1.03. The smallest absolute Gasteiger partial charge is 0.237 e. The quantitative estimate of drug-likeness (QED) is 0.697. The van der Waals surface area contributed by atoms with Gasteiger partial charge in [0.15, 0.2) is 0 Å². The van der Waals surface area contributed by atoms with Gasteiger partial charge in [-0.05, 0) is 28.8 Å². The molecule has 0 aliphatic rings. The number of hydrogen-bond acceptors (Lipinski definition) is 4. The first-order valence-electron chi connectivity index (χ1n) is 5.38. The number of carbonyl (C=O) groups excluding carboxylic acids is 1. The lowest BCUT2D eigenvalue weighted by Gasteiger charge is -2.14. The number of nitrogens with two attached hydrogens (primary N) is 1. The average molecular weight is 242 g/mol. The summed E-state index contributed by atoms with van der Waals surface area (Å²) in [5.41, 5.74) is 6.47. The van der Waals surface area contributed by atoms with E-state index in [4.69, 9.17) is 5.73 Å². The zero-order valence-corrected chi connectivity index (χ0v) is 10.2. The maximum absolute atomic E-state index is 11.5. The summed E-state index contributed by atoms with van der Waals surface area (Å²) >= 11 is 1.52. The van der Waals surface area contributed by atoms with E-state index in [9.17, 15) is 9.90 Å². The molecule has 2 unspecified atom stereocenters. The molecule has 0 bridgehead atoms. The average Bonchev–Trinajstić information content (AvgIpc) is 2.79. The molecule has 1 aromatic rings. The first kappa shape index (κ1) is 13.2. The van der Waals surface area contributed by atoms with Crippen LogP contribution in [0, 0.1) is 0 Å². The first-order chi connectivity index (χ1) is 7.65. The summed E-state index contributed by atoms with van der Waals surface area (Å²) in [5.74, 6) is -0.198. The summed E-state index contributed by atoms with van der Waals surface area (Å²) in [6.07, 6.45) is 0.895. The molecule has 0 spiro atoms. The van der Waals surface area contributed by atoms with Crippen molar-refractivity contribution in [1.82, 2.24) is 5.32 Å². The highest BCUT2D eigenvalue weighted by Gasteiger charge is 2.14. The van der Waals surface area contributed by atoms with Gasteiger partial charge in [-0.3, -0.25) is 4.79 Å². The van der Waals surface area contributed by atoms with Crippen molar-refractivity contribution in [2.24, 2.45) is 5.73 Å². The van der Waals surface area contributed by atoms with Gasteiger partial charge in [0, 0.05) is 6.54 Å². The molecule has 90 valence electrons. The molecule has 1 heterocycles. The molecule has 0 aromatic carbocycles. The normalized spacial score (nSPS) is 14.4. The highest BCUT2D eigenvalue weighted by atomic mass is 32.1. The predicted molar refractivity (Wildman–Crippen MR) is 65.2 cm³/mol. The van der Waals surface area contributed by atoms with E-state index in [0.29, 0.717) is 6.42 Å². The Hall–Kier alpha value is -0.910. The number of thiophene rings is 1. The van der Waals surface area contributed by atoms with Crippen LogP contribution >= 0.6 is 11.3 Å². The van der Waals surface area contributed by atoms with E-state index in [0.717, 1.165) is 12.0 Å². The molecular weight excluding hydrogens is 224 g/mol. The van der Waals surface area contributed by atoms with E-state index in [1.54, 1.807) is 0 Å². The van der Waals surface area contributed by atoms with Crippen LogP contribution < -0.4 is 11.1 Å². The van der Waals surface area contributed by atoms with Crippen LogP contribution in [0.3, 0.4) is 0 Å². The van der Waals surface area contributed by atoms with Gasteiger partial charge >= 0.3 is 0 Å². The summed E-state index contributed by atoms with van der Waals surface area (Å²) in [4.78, 5) is 11.5. The van der Waals surface area contributed by atoms with Gasteiger partial charge in [0.1, 0.15) is 0 Å². The van der Waals surface area contributed by atoms with Gasteiger partial charge in [0.25, 0.3) is 0 Å². The minimum Gasteiger partial charge on any atom is -0.387 e. The molecule has 1 aromatic heterocycles. The Bertz CT molecular complexity index is 314. The Labute approximate surface area is 99.5 Å². The van der Waals surface area contributed by atoms with Gasteiger partial charge < -0.3 is 16.2 Å². The topological polar surface area (TPSA) is 75.4 Å². The Kier molecular flexibility index (Phi) is 5.45. The molecule has 1 amide bonds. The third kappa shape index (κ3) is 3.92. The number of nitrogens with one attached hydrogen (secondary N) is 1. The fourth-order valence-corrected chi connectivity index (χ4v) is 2.06. The van der Waals surface area contributed by atoms with Crippen molar-refractivity contribution < 1.29 is 9.90 Å². The lowest BCUT2D eigenvalue weighted by atomic mass is 10.1. The van der Waals surface area contributed by atoms with E-state index in [-0.39, 0.29) is 12.5 Å². The summed E-state index contributed by atoms with van der Waals surface area (Å²) in [6, 6.07) is 1.37. The van der Waals surface area contributed by atoms with Crippen molar-refractivity contribution >= 4 is 17.2 Å². The van der Waals surface area contributed by atoms with Crippen molar-refractivity contribution in [3.63, 3.8) is 0 Å². The molecule has 0 fully saturated rings. The maximum atomic E-state index is 11.5. The number of amides is 1. The van der Waals surface area contributed by atoms with Crippen molar-refractivity contribution in [3.8, 4) is 0 Å². The van der Waals surface area contributed by atoms with Crippen LogP contribution in [0.5, 0.6) is 0 Å². The van der Waals surface area contributed by atoms with Crippen LogP contribution in [0.1, 0.15) is 31.4 Å². The minimum atomic E-state index is -0.649. The zero-order chi connectivity index (χ0) is 12.0. The van der Waals surface area contributed by atoms with Crippen molar-refractivity contribution in [2.75, 3.05) is 6.54 Å². The number of aliphatic hydroxyl groups is 1. The fourth-order valence-electron chi connectivity index (χ4n) is 1.35. The minimum absolute atomic E-state index is 0.198. The van der Waals surface area contributed by atoms with Gasteiger partial charge in [-0.25, -0.2) is 0 Å². The van der Waals surface area contributed by atoms with Crippen molar-refractivity contribution in [3.05, 3.63) is 22.4 Å². The van der Waals surface area contributed by atoms with Gasteiger partial charge in [0.2, 0.25) is 5.91 Å². The maximum Gasteiger partial charge on any atom is 0.237 e. The Balaban J connectivity index is 2.31. The van der Waals surface area contributed by atoms with Crippen LogP contribution in [-0.2, 0) is 4.79 Å². The Morgan fingerprint density at radius 2 is 2.44 bits per heavy atom. The van der Waals surface area contributed by atoms with E-state index in [1.807, 2.05) is 23.8 Å². The van der Waals surface area contributed by atoms with E-state index in [1.165, 1.54) is 11.3 Å². The second-order valence-electron chi connectivity index (χ2n) is 3.71. The Morgan fingerprint density at radius 3 is 3.00 bits per heavy atom. The van der Waals surface area contributed by atoms with Crippen LogP contribution in [0.4, 0.5) is 0 Å². The Morgan fingerprint density at radius 1 is 1.69 bits per heavy atom. The number of aliphatic hydroxyl groups excluding tert-OH is 1. The number of rotatable bonds is 6. The summed E-state index contributed by atoms with van der Waals surface area (Å²) in [5, 5.41) is 16.1. The standard InChI is InChI=1S/C11H18N2O2S/c1-2-3-9(12)11(15)13-6-10(14)8-4-5-16-7-8/h4-5,7,9-10,14H,2-3,6,12H2,1H3,(H,13,15). The summed E-state index contributed by atoms with van der Waals surface area (Å²) in [6.45, 7) is 2.19. The number of hydrogen-bond donors (Lipinski definition) is 3. The summed E-state index contributed by atoms with van der Waals surface area (Å²) in [7, 11) is 0. The van der Waals surface area contributed by atoms with Crippen LogP contribution in [0.2, 0.25) is 0 Å². The van der Waals surface area contributed by atoms with Crippen molar-refractivity contribution in [2.45, 2.75) is 31.9 Å². The second kappa shape index (κ2) is 6.62. The highest BCUT2D eigenvalue weighted by molar-refractivity contribution is 7.07. The van der Waals surface area contributed by atoms with Crippen LogP contribution in [-0.4, -0.2) is 23.6 Å². The van der Waals surface area contributed by atoms with Gasteiger partial charge in [-0.1, -0.05) is 13.3 Å². The second-order valence-corrected chi connectivity index (χ2v) is 4.49. The zero-order valence-electron chi connectivity index (χ0n) is 9.35. The van der Waals surface area contributed by atoms with Crippen LogP contribution in [0.15, 0.2) is 16.8 Å². The summed E-state index contributed by atoms with van der Waals surface area (Å²) < 4.78 is 0. The van der Waals surface area contributed by atoms with Crippen LogP contribution in [0.25, 0.3) is 0 Å². The lowest BCUT2D eigenvalue weighted by Crippen LogP contribution is -2.41. The molecule has 0 radical (unpaired) electrons. The number of carbonyl (C=O) groups is 1. The molecule has 1 rings (SSSR count). The van der Waals surface area contributed by atoms with E-state index < -0.39 is 12.1 Å². The largest absolute Gasteiger partial charge is 0.387 e. The van der Waals surface area contributed by atoms with E-state index in [2.05, 4.69) is 5.32 Å². The lowest BCUT2D eigenvalue weighted by molar-refractivity contribution is -0.123. The van der Waals surface area contributed by atoms with Gasteiger partial charge in [-0.2, -0.15) is 11.3 Å². The highest BCUT2D eigenvalue weighted by Crippen LogP contribution is 2.14. The monoisotopic (exact) mass is 242 g/mol. The molecule has 5 heteroatoms. The third-order valence-electron chi connectivity index (χ3n) is 2.33. The molecule has 0 aliphatic carbocycles. The molecule has 4 N–H and O–H groups in total. The molecule has 0 saturated carbocycles. The molecule has 16 heavy (non-hydrogen) atoms. The first-order valence-corrected chi connectivity index (χ1v) is 6.33. The molecule has 0 aliphatic heterocycles. The van der Waals surface area contributed by atoms with E-state index >= 15 is 0 Å². The SMILES string of the molecule is CCCC(N)C(=O)NCC(O)c1ccsc1. The molecule has 2 atom stereocenters. The fraction of sp³-hybridized carbons (Fsp3) is 0.545.